The van der Waals surface area contributed by atoms with Gasteiger partial charge in [-0.3, -0.25) is 19.2 Å². The smallest absolute Gasteiger partial charge is 0.272 e. The average Bonchev–Trinajstić information content (AvgIpc) is 2.96. The van der Waals surface area contributed by atoms with Gasteiger partial charge in [0.1, 0.15) is 5.69 Å². The first-order valence-electron chi connectivity index (χ1n) is 11.6. The highest BCUT2D eigenvalue weighted by Gasteiger charge is 2.27. The van der Waals surface area contributed by atoms with Crippen molar-refractivity contribution in [3.05, 3.63) is 100.0 Å². The Hall–Kier alpha value is -5.52. The zero-order valence-corrected chi connectivity index (χ0v) is 20.7. The Balaban J connectivity index is 1.60. The predicted molar refractivity (Wildman–Crippen MR) is 142 cm³/mol. The molecule has 4 rings (SSSR count). The van der Waals surface area contributed by atoms with Crippen molar-refractivity contribution in [2.45, 2.75) is 6.04 Å². The van der Waals surface area contributed by atoms with E-state index in [-0.39, 0.29) is 12.3 Å². The molecule has 1 heterocycles. The van der Waals surface area contributed by atoms with Gasteiger partial charge in [-0.25, -0.2) is 10.5 Å². The number of aromatic amines is 1. The molecular weight excluding hydrogens is 504 g/mol. The van der Waals surface area contributed by atoms with E-state index in [9.17, 15) is 19.2 Å². The molecular formula is C27H24N6O6. The Morgan fingerprint density at radius 3 is 2.46 bits per heavy atom. The molecule has 0 aliphatic rings. The number of methoxy groups -OCH3 is 1. The highest BCUT2D eigenvalue weighted by molar-refractivity contribution is 5.99. The SMILES string of the molecule is COc1cc(/C=N/NC(=O)[C@H](NC(=O)c2ccccc2)c2n[nH]c(=O)c3ccccc23)ccc1OCC(N)=O. The zero-order valence-electron chi connectivity index (χ0n) is 20.7. The van der Waals surface area contributed by atoms with E-state index in [2.05, 4.69) is 26.0 Å². The highest BCUT2D eigenvalue weighted by atomic mass is 16.5. The van der Waals surface area contributed by atoms with Crippen LogP contribution in [0.25, 0.3) is 10.8 Å². The molecule has 0 spiro atoms. The maximum atomic E-state index is 13.3. The maximum absolute atomic E-state index is 13.3. The quantitative estimate of drug-likeness (QED) is 0.178. The van der Waals surface area contributed by atoms with Gasteiger partial charge in [-0.1, -0.05) is 36.4 Å². The molecule has 4 aromatic rings. The molecule has 3 aromatic carbocycles. The van der Waals surface area contributed by atoms with Crippen LogP contribution in [0.1, 0.15) is 27.7 Å². The number of aromatic nitrogens is 2. The Labute approximate surface area is 221 Å². The lowest BCUT2D eigenvalue weighted by Gasteiger charge is -2.18. The third kappa shape index (κ3) is 6.43. The summed E-state index contributed by atoms with van der Waals surface area (Å²) in [4.78, 5) is 49.5. The molecule has 0 saturated carbocycles. The van der Waals surface area contributed by atoms with Gasteiger partial charge >= 0.3 is 0 Å². The molecule has 12 heteroatoms. The van der Waals surface area contributed by atoms with Gasteiger partial charge in [0.15, 0.2) is 24.1 Å². The van der Waals surface area contributed by atoms with Crippen molar-refractivity contribution >= 4 is 34.7 Å². The van der Waals surface area contributed by atoms with Gasteiger partial charge < -0.3 is 20.5 Å². The van der Waals surface area contributed by atoms with Crippen molar-refractivity contribution in [2.75, 3.05) is 13.7 Å². The minimum atomic E-state index is -1.30. The maximum Gasteiger partial charge on any atom is 0.272 e. The topological polar surface area (TPSA) is 178 Å². The van der Waals surface area contributed by atoms with Crippen LogP contribution in [0.15, 0.2) is 82.7 Å². The number of H-pyrrole nitrogens is 1. The first-order valence-corrected chi connectivity index (χ1v) is 11.6. The summed E-state index contributed by atoms with van der Waals surface area (Å²) in [5.41, 5.74) is 8.09. The second-order valence-electron chi connectivity index (χ2n) is 8.16. The summed E-state index contributed by atoms with van der Waals surface area (Å²) in [6.07, 6.45) is 1.35. The van der Waals surface area contributed by atoms with Crippen LogP contribution in [0, 0.1) is 0 Å². The van der Waals surface area contributed by atoms with Gasteiger partial charge in [0.25, 0.3) is 23.3 Å². The first kappa shape index (κ1) is 26.5. The average molecular weight is 529 g/mol. The van der Waals surface area contributed by atoms with E-state index in [1.807, 2.05) is 0 Å². The van der Waals surface area contributed by atoms with Crippen molar-refractivity contribution in [3.63, 3.8) is 0 Å². The molecule has 0 radical (unpaired) electrons. The molecule has 1 aromatic heterocycles. The zero-order chi connectivity index (χ0) is 27.8. The summed E-state index contributed by atoms with van der Waals surface area (Å²) in [5.74, 6) is -1.23. The highest BCUT2D eigenvalue weighted by Crippen LogP contribution is 2.27. The van der Waals surface area contributed by atoms with Gasteiger partial charge in [0.05, 0.1) is 18.7 Å². The van der Waals surface area contributed by atoms with Gasteiger partial charge in [-0.2, -0.15) is 10.2 Å². The van der Waals surface area contributed by atoms with E-state index < -0.39 is 29.3 Å². The van der Waals surface area contributed by atoms with Crippen LogP contribution in [0.2, 0.25) is 0 Å². The van der Waals surface area contributed by atoms with Crippen molar-refractivity contribution in [3.8, 4) is 11.5 Å². The number of amides is 3. The van der Waals surface area contributed by atoms with E-state index in [1.54, 1.807) is 72.8 Å². The van der Waals surface area contributed by atoms with Gasteiger partial charge in [-0.15, -0.1) is 0 Å². The minimum Gasteiger partial charge on any atom is -0.493 e. The van der Waals surface area contributed by atoms with E-state index in [0.29, 0.717) is 33.4 Å². The normalized spacial score (nSPS) is 11.6. The fourth-order valence-electron chi connectivity index (χ4n) is 3.69. The van der Waals surface area contributed by atoms with Gasteiger partial charge in [-0.05, 0) is 42.0 Å². The number of hydrogen-bond acceptors (Lipinski definition) is 8. The summed E-state index contributed by atoms with van der Waals surface area (Å²) in [7, 11) is 1.43. The Bertz CT molecular complexity index is 1600. The molecule has 39 heavy (non-hydrogen) atoms. The number of rotatable bonds is 10. The lowest BCUT2D eigenvalue weighted by Crippen LogP contribution is -2.40. The number of benzene rings is 3. The number of ether oxygens (including phenoxy) is 2. The first-order chi connectivity index (χ1) is 18.9. The predicted octanol–water partition coefficient (Wildman–Crippen LogP) is 1.42. The van der Waals surface area contributed by atoms with Crippen LogP contribution < -0.4 is 31.5 Å². The Kier molecular flexibility index (Phi) is 8.27. The lowest BCUT2D eigenvalue weighted by molar-refractivity contribution is -0.123. The lowest BCUT2D eigenvalue weighted by atomic mass is 10.0. The summed E-state index contributed by atoms with van der Waals surface area (Å²) in [6.45, 7) is -0.316. The molecule has 0 saturated heterocycles. The van der Waals surface area contributed by atoms with Crippen LogP contribution in [-0.2, 0) is 9.59 Å². The fraction of sp³-hybridized carbons (Fsp3) is 0.111. The monoisotopic (exact) mass is 528 g/mol. The van der Waals surface area contributed by atoms with Gasteiger partial charge in [0, 0.05) is 10.9 Å². The number of nitrogens with zero attached hydrogens (tertiary/aromatic N) is 2. The number of carbonyl (C=O) groups excluding carboxylic acids is 3. The van der Waals surface area contributed by atoms with Crippen molar-refractivity contribution in [1.29, 1.82) is 0 Å². The van der Waals surface area contributed by atoms with Crippen LogP contribution in [0.5, 0.6) is 11.5 Å². The molecule has 1 atom stereocenters. The molecule has 0 fully saturated rings. The van der Waals surface area contributed by atoms with E-state index in [4.69, 9.17) is 15.2 Å². The van der Waals surface area contributed by atoms with E-state index in [0.717, 1.165) is 0 Å². The fourth-order valence-corrected chi connectivity index (χ4v) is 3.69. The number of fused-ring (bicyclic) bond motifs is 1. The van der Waals surface area contributed by atoms with E-state index in [1.165, 1.54) is 13.3 Å². The third-order valence-corrected chi connectivity index (χ3v) is 5.52. The summed E-state index contributed by atoms with van der Waals surface area (Å²) in [6, 6.07) is 18.4. The molecule has 3 amide bonds. The van der Waals surface area contributed by atoms with Crippen LogP contribution in [0.3, 0.4) is 0 Å². The van der Waals surface area contributed by atoms with Crippen molar-refractivity contribution in [1.82, 2.24) is 20.9 Å². The minimum absolute atomic E-state index is 0.139. The molecule has 0 aliphatic carbocycles. The van der Waals surface area contributed by atoms with Crippen LogP contribution >= 0.6 is 0 Å². The Morgan fingerprint density at radius 1 is 1.03 bits per heavy atom. The number of nitrogens with two attached hydrogens (primary N) is 1. The molecule has 0 aliphatic heterocycles. The molecule has 0 bridgehead atoms. The summed E-state index contributed by atoms with van der Waals surface area (Å²) < 4.78 is 10.6. The number of hydrogen-bond donors (Lipinski definition) is 4. The standard InChI is InChI=1S/C27H24N6O6/c1-38-21-13-16(11-12-20(21)39-15-22(28)34)14-29-32-27(37)24(30-25(35)17-7-3-2-4-8-17)23-18-9-5-6-10-19(18)26(36)33-31-23/h2-14,24H,15H2,1H3,(H2,28,34)(H,30,35)(H,32,37)(H,33,36)/b29-14+/t24-/m1/s1. The van der Waals surface area contributed by atoms with Crippen LogP contribution in [0.4, 0.5) is 0 Å². The number of carbonyl (C=O) groups is 3. The second kappa shape index (κ2) is 12.1. The van der Waals surface area contributed by atoms with Crippen LogP contribution in [-0.4, -0.2) is 47.9 Å². The Morgan fingerprint density at radius 2 is 1.74 bits per heavy atom. The summed E-state index contributed by atoms with van der Waals surface area (Å²) in [5, 5.41) is 13.8. The van der Waals surface area contributed by atoms with Crippen molar-refractivity contribution < 1.29 is 23.9 Å². The number of nitrogens with one attached hydrogen (secondary N) is 3. The molecule has 198 valence electrons. The molecule has 5 N–H and O–H groups in total. The largest absolute Gasteiger partial charge is 0.493 e. The molecule has 0 unspecified atom stereocenters. The molecule has 12 nitrogen and oxygen atoms in total. The second-order valence-corrected chi connectivity index (χ2v) is 8.16. The third-order valence-electron chi connectivity index (χ3n) is 5.52. The number of hydrazone groups is 1. The van der Waals surface area contributed by atoms with E-state index >= 15 is 0 Å². The number of primary amides is 1. The van der Waals surface area contributed by atoms with Crippen molar-refractivity contribution in [2.24, 2.45) is 10.8 Å². The summed E-state index contributed by atoms with van der Waals surface area (Å²) >= 11 is 0. The van der Waals surface area contributed by atoms with Gasteiger partial charge in [0.2, 0.25) is 0 Å².